The van der Waals surface area contributed by atoms with Crippen molar-refractivity contribution in [2.24, 2.45) is 0 Å². The lowest BCUT2D eigenvalue weighted by molar-refractivity contribution is 0.393. The maximum absolute atomic E-state index is 5.49. The van der Waals surface area contributed by atoms with E-state index in [1.165, 1.54) is 0 Å². The van der Waals surface area contributed by atoms with Gasteiger partial charge in [-0.15, -0.1) is 0 Å². The molecule has 1 unspecified atom stereocenters. The molecule has 0 aromatic heterocycles. The molecule has 0 amide bonds. The lowest BCUT2D eigenvalue weighted by Gasteiger charge is -2.30. The number of nitrogens with one attached hydrogen (secondary N) is 1. The topological polar surface area (TPSA) is 33.7 Å². The van der Waals surface area contributed by atoms with E-state index in [0.29, 0.717) is 6.04 Å². The van der Waals surface area contributed by atoms with E-state index in [0.717, 1.165) is 43.2 Å². The SMILES string of the molecule is COc1ccc(N2CCCNCC2C)c(OC)c1. The van der Waals surface area contributed by atoms with Crippen molar-refractivity contribution in [2.45, 2.75) is 19.4 Å². The standard InChI is InChI=1S/C14H22N2O2/c1-11-10-15-7-4-8-16(11)13-6-5-12(17-2)9-14(13)18-3/h5-6,9,11,15H,4,7-8,10H2,1-3H3. The molecule has 100 valence electrons. The van der Waals surface area contributed by atoms with Gasteiger partial charge in [0.25, 0.3) is 0 Å². The Morgan fingerprint density at radius 1 is 1.28 bits per heavy atom. The number of benzene rings is 1. The second-order valence-electron chi connectivity index (χ2n) is 4.64. The fourth-order valence-electron chi connectivity index (χ4n) is 2.40. The van der Waals surface area contributed by atoms with E-state index in [9.17, 15) is 0 Å². The number of nitrogens with zero attached hydrogens (tertiary/aromatic N) is 1. The first kappa shape index (κ1) is 13.0. The van der Waals surface area contributed by atoms with E-state index in [1.54, 1.807) is 14.2 Å². The molecular formula is C14H22N2O2. The molecule has 0 saturated carbocycles. The molecule has 1 fully saturated rings. The maximum atomic E-state index is 5.49. The van der Waals surface area contributed by atoms with Gasteiger partial charge in [-0.1, -0.05) is 0 Å². The second kappa shape index (κ2) is 5.96. The van der Waals surface area contributed by atoms with Gasteiger partial charge in [0.05, 0.1) is 19.9 Å². The largest absolute Gasteiger partial charge is 0.497 e. The Bertz CT molecular complexity index is 395. The predicted octanol–water partition coefficient (Wildman–Crippen LogP) is 1.89. The number of hydrogen-bond acceptors (Lipinski definition) is 4. The Labute approximate surface area is 109 Å². The van der Waals surface area contributed by atoms with Crippen molar-refractivity contribution in [3.05, 3.63) is 18.2 Å². The summed E-state index contributed by atoms with van der Waals surface area (Å²) in [7, 11) is 3.38. The summed E-state index contributed by atoms with van der Waals surface area (Å²) in [4.78, 5) is 2.40. The van der Waals surface area contributed by atoms with E-state index in [2.05, 4.69) is 23.2 Å². The summed E-state index contributed by atoms with van der Waals surface area (Å²) in [6.07, 6.45) is 1.15. The first-order valence-electron chi connectivity index (χ1n) is 6.45. The Balaban J connectivity index is 2.30. The van der Waals surface area contributed by atoms with Crippen molar-refractivity contribution in [1.82, 2.24) is 5.32 Å². The van der Waals surface area contributed by atoms with Crippen LogP contribution in [0, 0.1) is 0 Å². The highest BCUT2D eigenvalue weighted by molar-refractivity contribution is 5.61. The van der Waals surface area contributed by atoms with E-state index in [-0.39, 0.29) is 0 Å². The molecule has 4 nitrogen and oxygen atoms in total. The van der Waals surface area contributed by atoms with Gasteiger partial charge in [-0.05, 0) is 32.0 Å². The maximum Gasteiger partial charge on any atom is 0.145 e. The lowest BCUT2D eigenvalue weighted by atomic mass is 10.2. The number of hydrogen-bond donors (Lipinski definition) is 1. The summed E-state index contributed by atoms with van der Waals surface area (Å²) in [6, 6.07) is 6.48. The first-order valence-corrected chi connectivity index (χ1v) is 6.45. The van der Waals surface area contributed by atoms with Gasteiger partial charge < -0.3 is 19.7 Å². The van der Waals surface area contributed by atoms with Crippen LogP contribution in [0.25, 0.3) is 0 Å². The number of anilines is 1. The molecule has 1 atom stereocenters. The molecule has 1 N–H and O–H groups in total. The van der Waals surface area contributed by atoms with Crippen LogP contribution < -0.4 is 19.7 Å². The monoisotopic (exact) mass is 250 g/mol. The van der Waals surface area contributed by atoms with Crippen molar-refractivity contribution >= 4 is 5.69 Å². The highest BCUT2D eigenvalue weighted by Crippen LogP contribution is 2.33. The number of methoxy groups -OCH3 is 2. The fourth-order valence-corrected chi connectivity index (χ4v) is 2.40. The van der Waals surface area contributed by atoms with Crippen LogP contribution in [0.3, 0.4) is 0 Å². The van der Waals surface area contributed by atoms with Gasteiger partial charge >= 0.3 is 0 Å². The van der Waals surface area contributed by atoms with Crippen LogP contribution in [0.2, 0.25) is 0 Å². The van der Waals surface area contributed by atoms with E-state index >= 15 is 0 Å². The average Bonchev–Trinajstić information content (AvgIpc) is 2.62. The molecule has 0 spiro atoms. The van der Waals surface area contributed by atoms with Gasteiger partial charge in [-0.3, -0.25) is 0 Å². The van der Waals surface area contributed by atoms with Crippen LogP contribution in [0.1, 0.15) is 13.3 Å². The van der Waals surface area contributed by atoms with Crippen LogP contribution in [0.4, 0.5) is 5.69 Å². The molecule has 2 rings (SSSR count). The predicted molar refractivity (Wildman–Crippen MR) is 73.8 cm³/mol. The zero-order valence-corrected chi connectivity index (χ0v) is 11.4. The van der Waals surface area contributed by atoms with Crippen LogP contribution in [-0.2, 0) is 0 Å². The van der Waals surface area contributed by atoms with Crippen LogP contribution >= 0.6 is 0 Å². The normalized spacial score (nSPS) is 20.4. The summed E-state index contributed by atoms with van der Waals surface area (Å²) in [6.45, 7) is 5.38. The van der Waals surface area contributed by atoms with Gasteiger partial charge in [-0.25, -0.2) is 0 Å². The van der Waals surface area contributed by atoms with Gasteiger partial charge in [0.1, 0.15) is 11.5 Å². The van der Waals surface area contributed by atoms with Gasteiger partial charge in [-0.2, -0.15) is 0 Å². The Kier molecular flexibility index (Phi) is 4.31. The first-order chi connectivity index (χ1) is 8.76. The van der Waals surface area contributed by atoms with Crippen molar-refractivity contribution < 1.29 is 9.47 Å². The summed E-state index contributed by atoms with van der Waals surface area (Å²) < 4.78 is 10.7. The minimum Gasteiger partial charge on any atom is -0.497 e. The van der Waals surface area contributed by atoms with Crippen LogP contribution in [0.5, 0.6) is 11.5 Å². The van der Waals surface area contributed by atoms with Gasteiger partial charge in [0.2, 0.25) is 0 Å². The molecule has 1 aliphatic heterocycles. The number of rotatable bonds is 3. The number of ether oxygens (including phenoxy) is 2. The third kappa shape index (κ3) is 2.70. The fraction of sp³-hybridized carbons (Fsp3) is 0.571. The molecular weight excluding hydrogens is 228 g/mol. The molecule has 0 radical (unpaired) electrons. The molecule has 0 bridgehead atoms. The smallest absolute Gasteiger partial charge is 0.145 e. The van der Waals surface area contributed by atoms with Crippen molar-refractivity contribution in [3.63, 3.8) is 0 Å². The quantitative estimate of drug-likeness (QED) is 0.888. The zero-order chi connectivity index (χ0) is 13.0. The van der Waals surface area contributed by atoms with Crippen molar-refractivity contribution in [1.29, 1.82) is 0 Å². The lowest BCUT2D eigenvalue weighted by Crippen LogP contribution is -2.37. The van der Waals surface area contributed by atoms with Crippen molar-refractivity contribution in [3.8, 4) is 11.5 Å². The van der Waals surface area contributed by atoms with Crippen LogP contribution in [0.15, 0.2) is 18.2 Å². The highest BCUT2D eigenvalue weighted by atomic mass is 16.5. The molecule has 1 heterocycles. The summed E-state index contributed by atoms with van der Waals surface area (Å²) >= 11 is 0. The average molecular weight is 250 g/mol. The molecule has 1 saturated heterocycles. The molecule has 1 aromatic carbocycles. The van der Waals surface area contributed by atoms with Gasteiger partial charge in [0.15, 0.2) is 0 Å². The van der Waals surface area contributed by atoms with Crippen LogP contribution in [-0.4, -0.2) is 39.9 Å². The minimum atomic E-state index is 0.467. The van der Waals surface area contributed by atoms with Crippen molar-refractivity contribution in [2.75, 3.05) is 38.8 Å². The summed E-state index contributed by atoms with van der Waals surface area (Å²) in [5.74, 6) is 1.71. The Morgan fingerprint density at radius 3 is 2.83 bits per heavy atom. The van der Waals surface area contributed by atoms with E-state index in [4.69, 9.17) is 9.47 Å². The molecule has 1 aliphatic rings. The second-order valence-corrected chi connectivity index (χ2v) is 4.64. The molecule has 4 heteroatoms. The Hall–Kier alpha value is -1.42. The summed E-state index contributed by atoms with van der Waals surface area (Å²) in [5.41, 5.74) is 1.15. The van der Waals surface area contributed by atoms with Gasteiger partial charge in [0, 0.05) is 25.2 Å². The van der Waals surface area contributed by atoms with E-state index in [1.807, 2.05) is 12.1 Å². The minimum absolute atomic E-state index is 0.467. The molecule has 18 heavy (non-hydrogen) atoms. The van der Waals surface area contributed by atoms with E-state index < -0.39 is 0 Å². The third-order valence-electron chi connectivity index (χ3n) is 3.42. The highest BCUT2D eigenvalue weighted by Gasteiger charge is 2.20. The molecule has 0 aliphatic carbocycles. The molecule has 1 aromatic rings. The Morgan fingerprint density at radius 2 is 2.11 bits per heavy atom. The zero-order valence-electron chi connectivity index (χ0n) is 11.4. The summed E-state index contributed by atoms with van der Waals surface area (Å²) in [5, 5.41) is 3.45. The third-order valence-corrected chi connectivity index (χ3v) is 3.42.